The molecule has 0 radical (unpaired) electrons. The number of aromatic carboxylic acids is 1. The van der Waals surface area contributed by atoms with E-state index in [2.05, 4.69) is 35.0 Å². The van der Waals surface area contributed by atoms with Gasteiger partial charge in [-0.3, -0.25) is 4.90 Å². The first-order chi connectivity index (χ1) is 18.0. The van der Waals surface area contributed by atoms with Gasteiger partial charge in [-0.05, 0) is 80.0 Å². The lowest BCUT2D eigenvalue weighted by Crippen LogP contribution is -2.40. The number of H-pyrrole nitrogens is 1. The van der Waals surface area contributed by atoms with Crippen LogP contribution < -0.4 is 4.74 Å². The molecule has 1 saturated heterocycles. The van der Waals surface area contributed by atoms with Crippen LogP contribution in [0, 0.1) is 6.92 Å². The summed E-state index contributed by atoms with van der Waals surface area (Å²) in [6.45, 7) is 4.65. The lowest BCUT2D eigenvalue weighted by molar-refractivity contribution is -0.0204. The zero-order chi connectivity index (χ0) is 25.8. The molecule has 5 rings (SSSR count). The molecule has 6 nitrogen and oxygen atoms in total. The highest BCUT2D eigenvalue weighted by Gasteiger charge is 2.33. The van der Waals surface area contributed by atoms with E-state index in [1.165, 1.54) is 53.3 Å². The van der Waals surface area contributed by atoms with Gasteiger partial charge in [0.2, 0.25) is 0 Å². The highest BCUT2D eigenvalue weighted by atomic mass is 16.5. The molecule has 6 heteroatoms. The molecule has 0 saturated carbocycles. The second kappa shape index (κ2) is 11.7. The summed E-state index contributed by atoms with van der Waals surface area (Å²) in [5.74, 6) is 0.0634. The van der Waals surface area contributed by atoms with Crippen molar-refractivity contribution in [1.82, 2.24) is 9.88 Å². The highest BCUT2D eigenvalue weighted by Crippen LogP contribution is 2.39. The Labute approximate surface area is 220 Å². The summed E-state index contributed by atoms with van der Waals surface area (Å²) in [5.41, 5.74) is 6.35. The van der Waals surface area contributed by atoms with Crippen molar-refractivity contribution in [1.29, 1.82) is 0 Å². The van der Waals surface area contributed by atoms with E-state index in [1.54, 1.807) is 13.2 Å². The molecule has 1 fully saturated rings. The molecule has 0 spiro atoms. The normalized spacial score (nSPS) is 21.8. The van der Waals surface area contributed by atoms with E-state index in [1.807, 2.05) is 12.3 Å². The van der Waals surface area contributed by atoms with Crippen LogP contribution in [0.5, 0.6) is 5.75 Å². The van der Waals surface area contributed by atoms with E-state index in [9.17, 15) is 9.90 Å². The molecule has 2 N–H and O–H groups in total. The number of aryl methyl sites for hydroxylation is 2. The summed E-state index contributed by atoms with van der Waals surface area (Å²) >= 11 is 0. The summed E-state index contributed by atoms with van der Waals surface area (Å²) < 4.78 is 12.3. The van der Waals surface area contributed by atoms with Crippen molar-refractivity contribution in [2.75, 3.05) is 20.3 Å². The fraction of sp³-hybridized carbons (Fsp3) is 0.516. The SMILES string of the molecule is COc1cc(C)c2[nH]ccc2c1CN1CC[C@H]2C[C@H]1c1ccc(C(=O)O)cc1CCCCCCCCO2. The average Bonchev–Trinajstić information content (AvgIpc) is 3.40. The van der Waals surface area contributed by atoms with Gasteiger partial charge in [-0.1, -0.05) is 31.7 Å². The van der Waals surface area contributed by atoms with Crippen LogP contribution in [-0.2, 0) is 17.7 Å². The minimum Gasteiger partial charge on any atom is -0.496 e. The smallest absolute Gasteiger partial charge is 0.335 e. The molecule has 0 amide bonds. The van der Waals surface area contributed by atoms with E-state index in [4.69, 9.17) is 9.47 Å². The number of rotatable bonds is 4. The summed E-state index contributed by atoms with van der Waals surface area (Å²) in [5, 5.41) is 10.9. The number of aromatic amines is 1. The number of nitrogens with zero attached hydrogens (tertiary/aromatic N) is 1. The average molecular weight is 505 g/mol. The number of likely N-dealkylation sites (tertiary alicyclic amines) is 1. The third kappa shape index (κ3) is 5.70. The van der Waals surface area contributed by atoms with Gasteiger partial charge in [0.05, 0.1) is 18.8 Å². The standard InChI is InChI=1S/C31H40N2O4/c1-21-17-29(36-2)27(26-12-14-32-30(21)26)20-33-15-13-24-19-28(33)25-11-10-23(31(34)35)18-22(25)9-7-5-3-4-6-8-16-37-24/h10-12,14,17-18,24,28,32H,3-9,13,15-16,19-20H2,1-2H3,(H,34,35)/t24-,28-/m0/s1. The Morgan fingerprint density at radius 1 is 1.14 bits per heavy atom. The number of hydrogen-bond donors (Lipinski definition) is 2. The number of carboxylic acids is 1. The first-order valence-corrected chi connectivity index (χ1v) is 13.9. The van der Waals surface area contributed by atoms with Crippen LogP contribution in [0.25, 0.3) is 10.9 Å². The number of methoxy groups -OCH3 is 1. The lowest BCUT2D eigenvalue weighted by Gasteiger charge is -2.41. The summed E-state index contributed by atoms with van der Waals surface area (Å²) in [7, 11) is 1.75. The van der Waals surface area contributed by atoms with Crippen molar-refractivity contribution >= 4 is 16.9 Å². The largest absolute Gasteiger partial charge is 0.496 e. The number of aromatic nitrogens is 1. The highest BCUT2D eigenvalue weighted by molar-refractivity contribution is 5.88. The molecule has 2 aliphatic rings. The van der Waals surface area contributed by atoms with Crippen molar-refractivity contribution in [2.24, 2.45) is 0 Å². The van der Waals surface area contributed by atoms with Crippen LogP contribution >= 0.6 is 0 Å². The van der Waals surface area contributed by atoms with Crippen LogP contribution in [0.3, 0.4) is 0 Å². The monoisotopic (exact) mass is 504 g/mol. The van der Waals surface area contributed by atoms with E-state index in [0.29, 0.717) is 5.56 Å². The maximum absolute atomic E-state index is 11.8. The molecule has 2 aromatic carbocycles. The van der Waals surface area contributed by atoms with Crippen molar-refractivity contribution in [3.8, 4) is 5.75 Å². The van der Waals surface area contributed by atoms with Gasteiger partial charge in [0.25, 0.3) is 0 Å². The number of hydrogen-bond acceptors (Lipinski definition) is 4. The Morgan fingerprint density at radius 3 is 2.76 bits per heavy atom. The number of piperidine rings is 1. The molecular formula is C31H40N2O4. The van der Waals surface area contributed by atoms with Gasteiger partial charge < -0.3 is 19.6 Å². The number of nitrogens with one attached hydrogen (secondary N) is 1. The molecular weight excluding hydrogens is 464 g/mol. The number of fused-ring (bicyclic) bond motifs is 5. The molecule has 0 aliphatic carbocycles. The number of carbonyl (C=O) groups is 1. The Kier molecular flexibility index (Phi) is 8.16. The minimum absolute atomic E-state index is 0.166. The first kappa shape index (κ1) is 25.8. The zero-order valence-electron chi connectivity index (χ0n) is 22.2. The fourth-order valence-corrected chi connectivity index (χ4v) is 6.28. The molecule has 1 aromatic heterocycles. The lowest BCUT2D eigenvalue weighted by atomic mass is 9.87. The second-order valence-corrected chi connectivity index (χ2v) is 10.7. The first-order valence-electron chi connectivity index (χ1n) is 13.9. The van der Waals surface area contributed by atoms with E-state index in [-0.39, 0.29) is 12.1 Å². The number of ether oxygens (including phenoxy) is 2. The fourth-order valence-electron chi connectivity index (χ4n) is 6.28. The van der Waals surface area contributed by atoms with E-state index < -0.39 is 5.97 Å². The van der Waals surface area contributed by atoms with Gasteiger partial charge in [0, 0.05) is 48.4 Å². The third-order valence-electron chi connectivity index (χ3n) is 8.30. The Balaban J connectivity index is 1.53. The molecule has 3 aromatic rings. The van der Waals surface area contributed by atoms with Gasteiger partial charge in [-0.25, -0.2) is 4.79 Å². The summed E-state index contributed by atoms with van der Waals surface area (Å²) in [4.78, 5) is 17.8. The number of carboxylic acid groups (broad SMARTS) is 1. The number of benzene rings is 2. The Morgan fingerprint density at radius 2 is 1.95 bits per heavy atom. The van der Waals surface area contributed by atoms with Gasteiger partial charge in [0.15, 0.2) is 0 Å². The molecule has 2 atom stereocenters. The predicted octanol–water partition coefficient (Wildman–Crippen LogP) is 6.80. The zero-order valence-corrected chi connectivity index (χ0v) is 22.2. The van der Waals surface area contributed by atoms with Gasteiger partial charge in [-0.15, -0.1) is 0 Å². The van der Waals surface area contributed by atoms with Crippen molar-refractivity contribution in [2.45, 2.75) is 83.4 Å². The maximum atomic E-state index is 11.8. The maximum Gasteiger partial charge on any atom is 0.335 e. The van der Waals surface area contributed by atoms with Gasteiger partial charge in [-0.2, -0.15) is 0 Å². The van der Waals surface area contributed by atoms with Crippen molar-refractivity contribution in [3.63, 3.8) is 0 Å². The summed E-state index contributed by atoms with van der Waals surface area (Å²) in [6.07, 6.45) is 12.2. The third-order valence-corrected chi connectivity index (χ3v) is 8.30. The Bertz CT molecular complexity index is 1230. The molecule has 2 aliphatic heterocycles. The molecule has 3 heterocycles. The molecule has 2 bridgehead atoms. The van der Waals surface area contributed by atoms with Gasteiger partial charge >= 0.3 is 5.97 Å². The molecule has 37 heavy (non-hydrogen) atoms. The van der Waals surface area contributed by atoms with Crippen LogP contribution in [-0.4, -0.2) is 47.3 Å². The van der Waals surface area contributed by atoms with E-state index >= 15 is 0 Å². The quantitative estimate of drug-likeness (QED) is 0.409. The second-order valence-electron chi connectivity index (χ2n) is 10.7. The van der Waals surface area contributed by atoms with Crippen LogP contribution in [0.2, 0.25) is 0 Å². The van der Waals surface area contributed by atoms with Crippen LogP contribution in [0.1, 0.15) is 90.0 Å². The van der Waals surface area contributed by atoms with Crippen LogP contribution in [0.15, 0.2) is 36.5 Å². The summed E-state index contributed by atoms with van der Waals surface area (Å²) in [6, 6.07) is 10.2. The predicted molar refractivity (Wildman–Crippen MR) is 147 cm³/mol. The Hall–Kier alpha value is -2.83. The topological polar surface area (TPSA) is 74.8 Å². The van der Waals surface area contributed by atoms with E-state index in [0.717, 1.165) is 63.1 Å². The van der Waals surface area contributed by atoms with Crippen molar-refractivity contribution in [3.05, 3.63) is 64.3 Å². The molecule has 0 unspecified atom stereocenters. The van der Waals surface area contributed by atoms with Crippen molar-refractivity contribution < 1.29 is 19.4 Å². The van der Waals surface area contributed by atoms with Gasteiger partial charge in [0.1, 0.15) is 5.75 Å². The minimum atomic E-state index is -0.858. The van der Waals surface area contributed by atoms with Crippen LogP contribution in [0.4, 0.5) is 0 Å². The molecule has 198 valence electrons.